The zero-order chi connectivity index (χ0) is 11.4. The molecule has 84 valence electrons. The van der Waals surface area contributed by atoms with Gasteiger partial charge in [-0.05, 0) is 11.8 Å². The van der Waals surface area contributed by atoms with Gasteiger partial charge in [0.2, 0.25) is 0 Å². The molecule has 15 heavy (non-hydrogen) atoms. The van der Waals surface area contributed by atoms with E-state index in [0.29, 0.717) is 11.7 Å². The van der Waals surface area contributed by atoms with Crippen LogP contribution < -0.4 is 5.32 Å². The molecule has 0 bridgehead atoms. The lowest BCUT2D eigenvalue weighted by molar-refractivity contribution is 0.152. The lowest BCUT2D eigenvalue weighted by Gasteiger charge is -2.17. The molecule has 1 atom stereocenters. The first-order chi connectivity index (χ1) is 7.00. The molecule has 0 aliphatic carbocycles. The average Bonchev–Trinajstić information content (AvgIpc) is 2.18. The van der Waals surface area contributed by atoms with Crippen molar-refractivity contribution in [1.82, 2.24) is 9.97 Å². The molecule has 0 aliphatic heterocycles. The molecule has 0 aromatic carbocycles. The summed E-state index contributed by atoms with van der Waals surface area (Å²) in [6.07, 6.45) is 2.79. The molecule has 4 heteroatoms. The smallest absolute Gasteiger partial charge is 0.146 e. The Balaban J connectivity index is 2.73. The average molecular weight is 209 g/mol. The third-order valence-electron chi connectivity index (χ3n) is 2.17. The van der Waals surface area contributed by atoms with Crippen molar-refractivity contribution < 1.29 is 5.11 Å². The first-order valence-corrected chi connectivity index (χ1v) is 5.27. The highest BCUT2D eigenvalue weighted by Gasteiger charge is 2.10. The normalized spacial score (nSPS) is 13.3. The minimum Gasteiger partial charge on any atom is -0.374 e. The van der Waals surface area contributed by atoms with Crippen molar-refractivity contribution in [3.63, 3.8) is 0 Å². The van der Waals surface area contributed by atoms with Crippen molar-refractivity contribution in [3.05, 3.63) is 18.1 Å². The Labute approximate surface area is 90.8 Å². The summed E-state index contributed by atoms with van der Waals surface area (Å²) in [4.78, 5) is 8.44. The first kappa shape index (κ1) is 11.9. The molecular formula is C11H19N3O. The van der Waals surface area contributed by atoms with Crippen LogP contribution in [0.4, 0.5) is 5.82 Å². The fourth-order valence-corrected chi connectivity index (χ4v) is 1.05. The standard InChI is InChI=1S/C11H19N3O/c1-7(2)9-5-12-6-10(13-9)14-11(15)8(3)4/h5-8,11,15H,1-4H3,(H,13,14). The summed E-state index contributed by atoms with van der Waals surface area (Å²) < 4.78 is 0. The molecule has 1 aromatic rings. The summed E-state index contributed by atoms with van der Waals surface area (Å²) in [5.74, 6) is 1.12. The molecule has 0 saturated heterocycles. The van der Waals surface area contributed by atoms with Crippen molar-refractivity contribution in [2.24, 2.45) is 5.92 Å². The van der Waals surface area contributed by atoms with Crippen LogP contribution in [0.25, 0.3) is 0 Å². The second-order valence-electron chi connectivity index (χ2n) is 4.32. The third-order valence-corrected chi connectivity index (χ3v) is 2.17. The predicted octanol–water partition coefficient (Wildman–Crippen LogP) is 1.99. The molecule has 0 amide bonds. The van der Waals surface area contributed by atoms with Crippen molar-refractivity contribution in [1.29, 1.82) is 0 Å². The van der Waals surface area contributed by atoms with Crippen LogP contribution in [0, 0.1) is 5.92 Å². The van der Waals surface area contributed by atoms with E-state index in [0.717, 1.165) is 5.69 Å². The van der Waals surface area contributed by atoms with E-state index >= 15 is 0 Å². The molecule has 4 nitrogen and oxygen atoms in total. The molecule has 0 radical (unpaired) electrons. The third kappa shape index (κ3) is 3.47. The Kier molecular flexibility index (Phi) is 4.03. The lowest BCUT2D eigenvalue weighted by Crippen LogP contribution is -2.25. The van der Waals surface area contributed by atoms with Gasteiger partial charge < -0.3 is 10.4 Å². The quantitative estimate of drug-likeness (QED) is 0.744. The number of aliphatic hydroxyl groups is 1. The Morgan fingerprint density at radius 3 is 2.40 bits per heavy atom. The van der Waals surface area contributed by atoms with E-state index in [4.69, 9.17) is 0 Å². The van der Waals surface area contributed by atoms with E-state index in [-0.39, 0.29) is 5.92 Å². The predicted molar refractivity (Wildman–Crippen MR) is 60.6 cm³/mol. The fourth-order valence-electron chi connectivity index (χ4n) is 1.05. The van der Waals surface area contributed by atoms with Crippen LogP contribution >= 0.6 is 0 Å². The minimum atomic E-state index is -0.582. The van der Waals surface area contributed by atoms with Crippen LogP contribution in [0.5, 0.6) is 0 Å². The number of rotatable bonds is 4. The van der Waals surface area contributed by atoms with Crippen molar-refractivity contribution in [3.8, 4) is 0 Å². The van der Waals surface area contributed by atoms with Gasteiger partial charge in [0.25, 0.3) is 0 Å². The van der Waals surface area contributed by atoms with Gasteiger partial charge in [-0.3, -0.25) is 4.98 Å². The van der Waals surface area contributed by atoms with Crippen LogP contribution in [0.3, 0.4) is 0 Å². The number of nitrogens with one attached hydrogen (secondary N) is 1. The topological polar surface area (TPSA) is 58.0 Å². The molecule has 1 unspecified atom stereocenters. The van der Waals surface area contributed by atoms with E-state index in [9.17, 15) is 5.11 Å². The molecule has 1 rings (SSSR count). The van der Waals surface area contributed by atoms with Crippen LogP contribution in [-0.4, -0.2) is 21.3 Å². The number of nitrogens with zero attached hydrogens (tertiary/aromatic N) is 2. The summed E-state index contributed by atoms with van der Waals surface area (Å²) in [5, 5.41) is 12.5. The lowest BCUT2D eigenvalue weighted by atomic mass is 10.1. The number of aromatic nitrogens is 2. The van der Waals surface area contributed by atoms with E-state index in [2.05, 4.69) is 29.1 Å². The molecule has 1 aromatic heterocycles. The molecule has 0 saturated carbocycles. The Morgan fingerprint density at radius 1 is 1.20 bits per heavy atom. The Morgan fingerprint density at radius 2 is 1.87 bits per heavy atom. The molecule has 0 aliphatic rings. The second-order valence-corrected chi connectivity index (χ2v) is 4.32. The summed E-state index contributed by atoms with van der Waals surface area (Å²) >= 11 is 0. The summed E-state index contributed by atoms with van der Waals surface area (Å²) in [7, 11) is 0. The Hall–Kier alpha value is -1.16. The van der Waals surface area contributed by atoms with Gasteiger partial charge in [0.05, 0.1) is 11.9 Å². The zero-order valence-electron chi connectivity index (χ0n) is 9.73. The maximum Gasteiger partial charge on any atom is 0.146 e. The van der Waals surface area contributed by atoms with E-state index in [1.165, 1.54) is 0 Å². The van der Waals surface area contributed by atoms with E-state index in [1.807, 2.05) is 13.8 Å². The van der Waals surface area contributed by atoms with Gasteiger partial charge in [-0.2, -0.15) is 0 Å². The van der Waals surface area contributed by atoms with Crippen molar-refractivity contribution in [2.45, 2.75) is 39.8 Å². The first-order valence-electron chi connectivity index (χ1n) is 5.27. The fraction of sp³-hybridized carbons (Fsp3) is 0.636. The van der Waals surface area contributed by atoms with E-state index in [1.54, 1.807) is 12.4 Å². The van der Waals surface area contributed by atoms with Crippen molar-refractivity contribution in [2.75, 3.05) is 5.32 Å². The summed E-state index contributed by atoms with van der Waals surface area (Å²) in [5.41, 5.74) is 0.927. The van der Waals surface area contributed by atoms with Crippen LogP contribution in [0.15, 0.2) is 12.4 Å². The van der Waals surface area contributed by atoms with Crippen LogP contribution in [0.2, 0.25) is 0 Å². The second kappa shape index (κ2) is 5.07. The SMILES string of the molecule is CC(C)c1cncc(NC(O)C(C)C)n1. The highest BCUT2D eigenvalue weighted by Crippen LogP contribution is 2.13. The van der Waals surface area contributed by atoms with Gasteiger partial charge in [0.15, 0.2) is 0 Å². The van der Waals surface area contributed by atoms with Gasteiger partial charge in [-0.15, -0.1) is 0 Å². The van der Waals surface area contributed by atoms with E-state index < -0.39 is 6.23 Å². The highest BCUT2D eigenvalue weighted by atomic mass is 16.3. The molecule has 0 fully saturated rings. The molecule has 2 N–H and O–H groups in total. The largest absolute Gasteiger partial charge is 0.374 e. The number of anilines is 1. The Bertz CT molecular complexity index is 312. The number of hydrogen-bond donors (Lipinski definition) is 2. The number of hydrogen-bond acceptors (Lipinski definition) is 4. The maximum absolute atomic E-state index is 9.63. The van der Waals surface area contributed by atoms with Crippen LogP contribution in [-0.2, 0) is 0 Å². The molecule has 0 spiro atoms. The molecule has 1 heterocycles. The highest BCUT2D eigenvalue weighted by molar-refractivity contribution is 5.32. The summed E-state index contributed by atoms with van der Waals surface area (Å²) in [6, 6.07) is 0. The zero-order valence-corrected chi connectivity index (χ0v) is 9.73. The maximum atomic E-state index is 9.63. The van der Waals surface area contributed by atoms with Gasteiger partial charge in [0.1, 0.15) is 12.0 Å². The number of aliphatic hydroxyl groups excluding tert-OH is 1. The monoisotopic (exact) mass is 209 g/mol. The van der Waals surface area contributed by atoms with Crippen LogP contribution in [0.1, 0.15) is 39.3 Å². The van der Waals surface area contributed by atoms with Gasteiger partial charge in [-0.1, -0.05) is 27.7 Å². The molecular weight excluding hydrogens is 190 g/mol. The van der Waals surface area contributed by atoms with Gasteiger partial charge in [0, 0.05) is 6.20 Å². The van der Waals surface area contributed by atoms with Gasteiger partial charge in [-0.25, -0.2) is 4.98 Å². The summed E-state index contributed by atoms with van der Waals surface area (Å²) in [6.45, 7) is 8.01. The minimum absolute atomic E-state index is 0.148. The van der Waals surface area contributed by atoms with Crippen molar-refractivity contribution >= 4 is 5.82 Å². The van der Waals surface area contributed by atoms with Gasteiger partial charge >= 0.3 is 0 Å².